The molecule has 0 bridgehead atoms. The normalized spacial score (nSPS) is 11.5. The van der Waals surface area contributed by atoms with Crippen LogP contribution < -0.4 is 5.56 Å². The van der Waals surface area contributed by atoms with Gasteiger partial charge in [-0.3, -0.25) is 9.20 Å². The molecule has 0 atom stereocenters. The largest absolute Gasteiger partial charge is 0.444 e. The van der Waals surface area contributed by atoms with E-state index in [0.717, 1.165) is 16.8 Å². The molecule has 0 unspecified atom stereocenters. The number of thioether (sulfide) groups is 1. The number of benzene rings is 3. The van der Waals surface area contributed by atoms with E-state index in [0.29, 0.717) is 39.2 Å². The van der Waals surface area contributed by atoms with Gasteiger partial charge in [0.2, 0.25) is 11.7 Å². The van der Waals surface area contributed by atoms with Crippen molar-refractivity contribution in [1.82, 2.24) is 24.1 Å². The third-order valence-corrected chi connectivity index (χ3v) is 6.71. The summed E-state index contributed by atoms with van der Waals surface area (Å²) in [5, 5.41) is 10.0. The lowest BCUT2D eigenvalue weighted by molar-refractivity contribution is 0.573. The first-order valence-electron chi connectivity index (χ1n) is 10.9. The van der Waals surface area contributed by atoms with Crippen LogP contribution in [0.25, 0.3) is 33.8 Å². The summed E-state index contributed by atoms with van der Waals surface area (Å²) in [7, 11) is 0. The van der Waals surface area contributed by atoms with Crippen molar-refractivity contribution in [3.63, 3.8) is 0 Å². The van der Waals surface area contributed by atoms with E-state index in [2.05, 4.69) is 15.2 Å². The number of hydrogen-bond donors (Lipinski definition) is 0. The third-order valence-electron chi connectivity index (χ3n) is 5.74. The van der Waals surface area contributed by atoms with E-state index >= 15 is 0 Å². The van der Waals surface area contributed by atoms with Crippen LogP contribution in [-0.2, 0) is 5.75 Å². The number of halogens is 1. The molecular formula is C26H18FN5O2S. The fourth-order valence-corrected chi connectivity index (χ4v) is 4.86. The fourth-order valence-electron chi connectivity index (χ4n) is 4.04. The first-order valence-corrected chi connectivity index (χ1v) is 11.9. The van der Waals surface area contributed by atoms with Crippen molar-refractivity contribution in [3.8, 4) is 17.1 Å². The molecule has 3 heterocycles. The molecule has 172 valence electrons. The van der Waals surface area contributed by atoms with Crippen LogP contribution in [0.15, 0.2) is 93.4 Å². The van der Waals surface area contributed by atoms with Gasteiger partial charge in [0.25, 0.3) is 5.56 Å². The van der Waals surface area contributed by atoms with Crippen LogP contribution in [0, 0.1) is 12.7 Å². The highest BCUT2D eigenvalue weighted by Crippen LogP contribution is 2.27. The smallest absolute Gasteiger partial charge is 0.267 e. The van der Waals surface area contributed by atoms with Crippen molar-refractivity contribution < 1.29 is 8.81 Å². The van der Waals surface area contributed by atoms with Crippen molar-refractivity contribution in [2.75, 3.05) is 0 Å². The van der Waals surface area contributed by atoms with E-state index in [-0.39, 0.29) is 11.4 Å². The molecule has 6 rings (SSSR count). The van der Waals surface area contributed by atoms with Crippen LogP contribution in [0.2, 0.25) is 0 Å². The number of para-hydroxylation sites is 2. The topological polar surface area (TPSA) is 78.2 Å². The predicted molar refractivity (Wildman–Crippen MR) is 132 cm³/mol. The summed E-state index contributed by atoms with van der Waals surface area (Å²) in [5.74, 6) is 1.03. The van der Waals surface area contributed by atoms with Gasteiger partial charge in [-0.2, -0.15) is 0 Å². The number of nitrogens with zero attached hydrogens (tertiary/aromatic N) is 5. The van der Waals surface area contributed by atoms with E-state index < -0.39 is 0 Å². The Morgan fingerprint density at radius 2 is 1.74 bits per heavy atom. The molecule has 0 radical (unpaired) electrons. The average Bonchev–Trinajstić information content (AvgIpc) is 3.52. The first-order chi connectivity index (χ1) is 17.1. The van der Waals surface area contributed by atoms with E-state index in [1.807, 2.05) is 59.9 Å². The van der Waals surface area contributed by atoms with E-state index in [4.69, 9.17) is 4.42 Å². The van der Waals surface area contributed by atoms with Gasteiger partial charge < -0.3 is 4.42 Å². The Labute approximate surface area is 202 Å². The van der Waals surface area contributed by atoms with Crippen LogP contribution in [0.4, 0.5) is 4.39 Å². The minimum absolute atomic E-state index is 0.146. The number of rotatable bonds is 5. The molecule has 0 amide bonds. The van der Waals surface area contributed by atoms with Crippen molar-refractivity contribution in [1.29, 1.82) is 0 Å². The number of hydrogen-bond acceptors (Lipinski definition) is 6. The summed E-state index contributed by atoms with van der Waals surface area (Å²) in [5.41, 5.74) is 3.72. The second-order valence-corrected chi connectivity index (χ2v) is 8.94. The molecule has 0 aliphatic heterocycles. The van der Waals surface area contributed by atoms with Gasteiger partial charge >= 0.3 is 0 Å². The van der Waals surface area contributed by atoms with E-state index in [9.17, 15) is 9.18 Å². The molecule has 0 saturated heterocycles. The number of aromatic nitrogens is 5. The monoisotopic (exact) mass is 483 g/mol. The van der Waals surface area contributed by atoms with Gasteiger partial charge in [0.1, 0.15) is 12.1 Å². The number of fused-ring (bicyclic) bond motifs is 3. The van der Waals surface area contributed by atoms with Gasteiger partial charge in [0, 0.05) is 11.3 Å². The van der Waals surface area contributed by atoms with Crippen molar-refractivity contribution in [3.05, 3.63) is 106 Å². The quantitative estimate of drug-likeness (QED) is 0.304. The molecule has 7 nitrogen and oxygen atoms in total. The van der Waals surface area contributed by atoms with Crippen LogP contribution in [-0.4, -0.2) is 24.1 Å². The van der Waals surface area contributed by atoms with Gasteiger partial charge in [0.15, 0.2) is 5.16 Å². The molecule has 0 saturated carbocycles. The van der Waals surface area contributed by atoms with Crippen LogP contribution in [0.1, 0.15) is 11.3 Å². The lowest BCUT2D eigenvalue weighted by Gasteiger charge is -2.13. The number of oxazole rings is 1. The molecule has 0 aliphatic rings. The maximum Gasteiger partial charge on any atom is 0.267 e. The maximum absolute atomic E-state index is 13.5. The lowest BCUT2D eigenvalue weighted by atomic mass is 10.2. The molecule has 3 aromatic carbocycles. The molecule has 0 N–H and O–H groups in total. The summed E-state index contributed by atoms with van der Waals surface area (Å²) < 4.78 is 22.3. The third kappa shape index (κ3) is 3.70. The summed E-state index contributed by atoms with van der Waals surface area (Å²) in [6, 6.07) is 21.1. The summed E-state index contributed by atoms with van der Waals surface area (Å²) >= 11 is 1.44. The van der Waals surface area contributed by atoms with Gasteiger partial charge in [-0.15, -0.1) is 10.2 Å². The van der Waals surface area contributed by atoms with Crippen LogP contribution in [0.3, 0.4) is 0 Å². The molecule has 6 aromatic rings. The van der Waals surface area contributed by atoms with Crippen molar-refractivity contribution in [2.45, 2.75) is 17.8 Å². The van der Waals surface area contributed by atoms with E-state index in [1.165, 1.54) is 23.9 Å². The standard InChI is InChI=1S/C26H18FN5O2S/c1-16-6-2-4-8-21(16)31-24(33)20-7-3-5-9-22(20)32-25(31)29-30-26(32)35-15-19-14-34-23(28-19)17-10-12-18(27)13-11-17/h2-14H,15H2,1H3. The van der Waals surface area contributed by atoms with Gasteiger partial charge in [-0.25, -0.2) is 13.9 Å². The average molecular weight is 484 g/mol. The van der Waals surface area contributed by atoms with Crippen LogP contribution in [0.5, 0.6) is 0 Å². The SMILES string of the molecule is Cc1ccccc1-n1c(=O)c2ccccc2n2c(SCc3coc(-c4ccc(F)cc4)n3)nnc12. The Morgan fingerprint density at radius 1 is 0.971 bits per heavy atom. The summed E-state index contributed by atoms with van der Waals surface area (Å²) in [4.78, 5) is 18.0. The highest BCUT2D eigenvalue weighted by molar-refractivity contribution is 7.98. The van der Waals surface area contributed by atoms with Gasteiger partial charge in [-0.1, -0.05) is 42.1 Å². The molecule has 0 aliphatic carbocycles. The Balaban J connectivity index is 1.42. The predicted octanol–water partition coefficient (Wildman–Crippen LogP) is 5.43. The highest BCUT2D eigenvalue weighted by Gasteiger charge is 2.19. The number of aryl methyl sites for hydroxylation is 1. The Morgan fingerprint density at radius 3 is 2.57 bits per heavy atom. The molecule has 0 fully saturated rings. The zero-order valence-electron chi connectivity index (χ0n) is 18.6. The van der Waals surface area contributed by atoms with E-state index in [1.54, 1.807) is 23.0 Å². The van der Waals surface area contributed by atoms with Crippen molar-refractivity contribution >= 4 is 28.4 Å². The lowest BCUT2D eigenvalue weighted by Crippen LogP contribution is -2.22. The Kier molecular flexibility index (Phi) is 5.18. The van der Waals surface area contributed by atoms with Gasteiger partial charge in [-0.05, 0) is 55.0 Å². The Hall–Kier alpha value is -4.24. The van der Waals surface area contributed by atoms with Crippen molar-refractivity contribution in [2.24, 2.45) is 0 Å². The molecule has 35 heavy (non-hydrogen) atoms. The van der Waals surface area contributed by atoms with Crippen LogP contribution >= 0.6 is 11.8 Å². The Bertz CT molecular complexity index is 1750. The minimum atomic E-state index is -0.314. The molecule has 9 heteroatoms. The maximum atomic E-state index is 13.5. The summed E-state index contributed by atoms with van der Waals surface area (Å²) in [6.07, 6.45) is 1.58. The molecule has 3 aromatic heterocycles. The molecule has 0 spiro atoms. The first kappa shape index (κ1) is 21.3. The zero-order chi connectivity index (χ0) is 23.9. The minimum Gasteiger partial charge on any atom is -0.444 e. The fraction of sp³-hybridized carbons (Fsp3) is 0.0769. The second kappa shape index (κ2) is 8.52. The summed E-state index contributed by atoms with van der Waals surface area (Å²) in [6.45, 7) is 1.96. The molecular weight excluding hydrogens is 465 g/mol. The highest BCUT2D eigenvalue weighted by atomic mass is 32.2. The van der Waals surface area contributed by atoms with Gasteiger partial charge in [0.05, 0.1) is 22.3 Å². The zero-order valence-corrected chi connectivity index (χ0v) is 19.4. The second-order valence-electron chi connectivity index (χ2n) is 8.00.